The Morgan fingerprint density at radius 2 is 1.68 bits per heavy atom. The maximum atomic E-state index is 3.48. The predicted octanol–water partition coefficient (Wildman–Crippen LogP) is 4.97. The van der Waals surface area contributed by atoms with Crippen molar-refractivity contribution in [2.45, 2.75) is 53.5 Å². The molecule has 0 aromatic rings. The molecule has 0 bridgehead atoms. The fourth-order valence-electron chi connectivity index (χ4n) is 2.47. The SMILES string of the molecule is C/C=C\C=C/C(C(/C=C\C)C(C)CC)C(C)(C)NC. The molecule has 3 atom stereocenters. The molecule has 0 radical (unpaired) electrons. The van der Waals surface area contributed by atoms with E-state index < -0.39 is 0 Å². The molecule has 0 aromatic heterocycles. The summed E-state index contributed by atoms with van der Waals surface area (Å²) in [4.78, 5) is 0. The van der Waals surface area contributed by atoms with Crippen molar-refractivity contribution in [2.75, 3.05) is 7.05 Å². The fraction of sp³-hybridized carbons (Fsp3) is 0.667. The van der Waals surface area contributed by atoms with E-state index in [9.17, 15) is 0 Å². The quantitative estimate of drug-likeness (QED) is 0.481. The van der Waals surface area contributed by atoms with Crippen LogP contribution in [0.3, 0.4) is 0 Å². The first-order chi connectivity index (χ1) is 8.94. The smallest absolute Gasteiger partial charge is 0.0190 e. The van der Waals surface area contributed by atoms with Crippen molar-refractivity contribution in [3.63, 3.8) is 0 Å². The van der Waals surface area contributed by atoms with E-state index in [2.05, 4.69) is 90.4 Å². The van der Waals surface area contributed by atoms with Gasteiger partial charge in [-0.1, -0.05) is 56.7 Å². The van der Waals surface area contributed by atoms with Crippen LogP contribution < -0.4 is 5.32 Å². The summed E-state index contributed by atoms with van der Waals surface area (Å²) >= 11 is 0. The van der Waals surface area contributed by atoms with Crippen LogP contribution in [0.4, 0.5) is 0 Å². The Morgan fingerprint density at radius 1 is 1.05 bits per heavy atom. The van der Waals surface area contributed by atoms with Gasteiger partial charge in [0.15, 0.2) is 0 Å². The molecule has 0 fully saturated rings. The number of nitrogens with one attached hydrogen (secondary N) is 1. The zero-order valence-electron chi connectivity index (χ0n) is 13.9. The molecular formula is C18H33N. The van der Waals surface area contributed by atoms with Crippen LogP contribution in [-0.4, -0.2) is 12.6 Å². The van der Waals surface area contributed by atoms with Gasteiger partial charge in [-0.2, -0.15) is 0 Å². The topological polar surface area (TPSA) is 12.0 Å². The van der Waals surface area contributed by atoms with Crippen molar-refractivity contribution in [1.29, 1.82) is 0 Å². The highest BCUT2D eigenvalue weighted by Crippen LogP contribution is 2.34. The average molecular weight is 263 g/mol. The van der Waals surface area contributed by atoms with E-state index in [-0.39, 0.29) is 5.54 Å². The molecule has 0 saturated heterocycles. The lowest BCUT2D eigenvalue weighted by Crippen LogP contribution is -2.47. The van der Waals surface area contributed by atoms with Crippen LogP contribution in [0.25, 0.3) is 0 Å². The standard InChI is InChI=1S/C18H33N/c1-8-11-12-14-17(18(5,6)19-7)16(13-9-2)15(4)10-3/h8-9,11-17,19H,10H2,1-7H3/b11-8-,13-9-,14-12-. The van der Waals surface area contributed by atoms with Gasteiger partial charge in [-0.05, 0) is 46.6 Å². The first kappa shape index (κ1) is 18.2. The molecule has 19 heavy (non-hydrogen) atoms. The third-order valence-corrected chi connectivity index (χ3v) is 4.23. The highest BCUT2D eigenvalue weighted by atomic mass is 14.9. The van der Waals surface area contributed by atoms with Crippen LogP contribution in [0.15, 0.2) is 36.5 Å². The van der Waals surface area contributed by atoms with Gasteiger partial charge in [0, 0.05) is 11.5 Å². The number of rotatable bonds is 8. The zero-order chi connectivity index (χ0) is 14.9. The van der Waals surface area contributed by atoms with Gasteiger partial charge in [0.2, 0.25) is 0 Å². The highest BCUT2D eigenvalue weighted by molar-refractivity contribution is 5.12. The predicted molar refractivity (Wildman–Crippen MR) is 88.3 cm³/mol. The summed E-state index contributed by atoms with van der Waals surface area (Å²) in [6, 6.07) is 0. The summed E-state index contributed by atoms with van der Waals surface area (Å²) < 4.78 is 0. The van der Waals surface area contributed by atoms with Gasteiger partial charge >= 0.3 is 0 Å². The third-order valence-electron chi connectivity index (χ3n) is 4.23. The molecule has 1 heteroatoms. The van der Waals surface area contributed by atoms with E-state index in [1.807, 2.05) is 0 Å². The Kier molecular flexibility index (Phi) is 8.75. The first-order valence-corrected chi connectivity index (χ1v) is 7.55. The fourth-order valence-corrected chi connectivity index (χ4v) is 2.47. The molecule has 0 spiro atoms. The van der Waals surface area contributed by atoms with E-state index in [1.54, 1.807) is 0 Å². The Bertz CT molecular complexity index is 310. The lowest BCUT2D eigenvalue weighted by atomic mass is 9.71. The van der Waals surface area contributed by atoms with Crippen LogP contribution in [0.1, 0.15) is 48.0 Å². The van der Waals surface area contributed by atoms with Gasteiger partial charge in [-0.3, -0.25) is 0 Å². The van der Waals surface area contributed by atoms with E-state index in [0.717, 1.165) is 0 Å². The second-order valence-corrected chi connectivity index (χ2v) is 5.90. The summed E-state index contributed by atoms with van der Waals surface area (Å²) in [5, 5.41) is 3.48. The lowest BCUT2D eigenvalue weighted by Gasteiger charge is -2.39. The first-order valence-electron chi connectivity index (χ1n) is 7.55. The maximum absolute atomic E-state index is 3.48. The van der Waals surface area contributed by atoms with Gasteiger partial charge in [0.05, 0.1) is 0 Å². The van der Waals surface area contributed by atoms with Gasteiger partial charge in [0.25, 0.3) is 0 Å². The van der Waals surface area contributed by atoms with Crippen molar-refractivity contribution in [3.05, 3.63) is 36.5 Å². The second kappa shape index (κ2) is 9.14. The van der Waals surface area contributed by atoms with Gasteiger partial charge in [0.1, 0.15) is 0 Å². The Labute approximate surface area is 120 Å². The van der Waals surface area contributed by atoms with Crippen LogP contribution in [0.2, 0.25) is 0 Å². The molecule has 0 aliphatic carbocycles. The summed E-state index contributed by atoms with van der Waals surface area (Å²) in [7, 11) is 2.06. The maximum Gasteiger partial charge on any atom is 0.0190 e. The molecule has 0 amide bonds. The number of allylic oxidation sites excluding steroid dienone is 5. The minimum atomic E-state index is 0.0890. The van der Waals surface area contributed by atoms with E-state index in [4.69, 9.17) is 0 Å². The minimum absolute atomic E-state index is 0.0890. The summed E-state index contributed by atoms with van der Waals surface area (Å²) in [5.74, 6) is 1.74. The molecule has 1 N–H and O–H groups in total. The Hall–Kier alpha value is -0.820. The largest absolute Gasteiger partial charge is 0.314 e. The minimum Gasteiger partial charge on any atom is -0.314 e. The number of hydrogen-bond donors (Lipinski definition) is 1. The summed E-state index contributed by atoms with van der Waals surface area (Å²) in [5.41, 5.74) is 0.0890. The van der Waals surface area contributed by atoms with Crippen LogP contribution in [-0.2, 0) is 0 Å². The van der Waals surface area contributed by atoms with Crippen molar-refractivity contribution >= 4 is 0 Å². The van der Waals surface area contributed by atoms with Crippen LogP contribution in [0.5, 0.6) is 0 Å². The summed E-state index contributed by atoms with van der Waals surface area (Å²) in [6.07, 6.45) is 14.5. The molecule has 3 unspecified atom stereocenters. The van der Waals surface area contributed by atoms with Crippen molar-refractivity contribution in [3.8, 4) is 0 Å². The van der Waals surface area contributed by atoms with E-state index >= 15 is 0 Å². The molecule has 0 aliphatic rings. The molecule has 0 rings (SSSR count). The molecule has 0 heterocycles. The lowest BCUT2D eigenvalue weighted by molar-refractivity contribution is 0.213. The van der Waals surface area contributed by atoms with Crippen molar-refractivity contribution < 1.29 is 0 Å². The zero-order valence-corrected chi connectivity index (χ0v) is 13.9. The second-order valence-electron chi connectivity index (χ2n) is 5.90. The molecule has 0 aromatic carbocycles. The molecule has 0 saturated carbocycles. The van der Waals surface area contributed by atoms with E-state index in [1.165, 1.54) is 6.42 Å². The van der Waals surface area contributed by atoms with Crippen LogP contribution >= 0.6 is 0 Å². The van der Waals surface area contributed by atoms with Gasteiger partial charge in [-0.25, -0.2) is 0 Å². The van der Waals surface area contributed by atoms with E-state index in [0.29, 0.717) is 17.8 Å². The molecule has 1 nitrogen and oxygen atoms in total. The number of hydrogen-bond acceptors (Lipinski definition) is 1. The van der Waals surface area contributed by atoms with Gasteiger partial charge in [-0.15, -0.1) is 0 Å². The Balaban J connectivity index is 5.38. The summed E-state index contributed by atoms with van der Waals surface area (Å²) in [6.45, 7) is 13.4. The van der Waals surface area contributed by atoms with Gasteiger partial charge < -0.3 is 5.32 Å². The Morgan fingerprint density at radius 3 is 2.11 bits per heavy atom. The molecule has 0 aliphatic heterocycles. The monoisotopic (exact) mass is 263 g/mol. The average Bonchev–Trinajstić information content (AvgIpc) is 2.40. The molecular weight excluding hydrogens is 230 g/mol. The van der Waals surface area contributed by atoms with Crippen molar-refractivity contribution in [2.24, 2.45) is 17.8 Å². The normalized spacial score (nSPS) is 18.5. The van der Waals surface area contributed by atoms with Crippen molar-refractivity contribution in [1.82, 2.24) is 5.32 Å². The van der Waals surface area contributed by atoms with Crippen LogP contribution in [0, 0.1) is 17.8 Å². The highest BCUT2D eigenvalue weighted by Gasteiger charge is 2.33. The third kappa shape index (κ3) is 5.78. The molecule has 110 valence electrons.